The van der Waals surface area contributed by atoms with Crippen LogP contribution in [0.1, 0.15) is 26.5 Å². The summed E-state index contributed by atoms with van der Waals surface area (Å²) in [5, 5.41) is 17.2. The zero-order valence-electron chi connectivity index (χ0n) is 18.0. The Labute approximate surface area is 198 Å². The van der Waals surface area contributed by atoms with Crippen LogP contribution in [0, 0.1) is 15.9 Å². The van der Waals surface area contributed by atoms with E-state index >= 15 is 0 Å². The molecule has 1 heterocycles. The number of nitro groups is 1. The maximum Gasteiger partial charge on any atom is 0.273 e. The van der Waals surface area contributed by atoms with Gasteiger partial charge in [-0.1, -0.05) is 24.3 Å². The summed E-state index contributed by atoms with van der Waals surface area (Å²) in [5.41, 5.74) is 3.12. The van der Waals surface area contributed by atoms with E-state index in [1.54, 1.807) is 36.4 Å². The monoisotopic (exact) mass is 472 g/mol. The molecule has 0 atom stereocenters. The fourth-order valence-corrected chi connectivity index (χ4v) is 3.16. The van der Waals surface area contributed by atoms with Gasteiger partial charge in [0.25, 0.3) is 17.5 Å². The van der Waals surface area contributed by atoms with Crippen LogP contribution in [0.5, 0.6) is 0 Å². The van der Waals surface area contributed by atoms with Gasteiger partial charge in [0, 0.05) is 17.7 Å². The fraction of sp³-hybridized carbons (Fsp3) is 0. The summed E-state index contributed by atoms with van der Waals surface area (Å²) < 4.78 is 19.5. The molecule has 0 bridgehead atoms. The number of hydrogen-bond acceptors (Lipinski definition) is 6. The molecule has 2 N–H and O–H groups in total. The number of carbonyl (C=O) groups excluding carboxylic acids is 2. The van der Waals surface area contributed by atoms with E-state index in [4.69, 9.17) is 4.42 Å². The summed E-state index contributed by atoms with van der Waals surface area (Å²) in [6.45, 7) is 0. The first-order valence-corrected chi connectivity index (χ1v) is 10.3. The summed E-state index contributed by atoms with van der Waals surface area (Å²) in [5.74, 6) is -1.18. The molecule has 9 nitrogen and oxygen atoms in total. The second-order valence-electron chi connectivity index (χ2n) is 7.18. The van der Waals surface area contributed by atoms with Crippen molar-refractivity contribution in [3.8, 4) is 11.3 Å². The first kappa shape index (κ1) is 23.1. The number of nitrogens with one attached hydrogen (secondary N) is 2. The Kier molecular flexibility index (Phi) is 6.73. The second kappa shape index (κ2) is 10.2. The maximum atomic E-state index is 13.9. The number of hydrazone groups is 1. The number of para-hydroxylation sites is 1. The zero-order chi connectivity index (χ0) is 24.8. The highest BCUT2D eigenvalue weighted by Crippen LogP contribution is 2.24. The number of amides is 2. The van der Waals surface area contributed by atoms with Gasteiger partial charge in [0.15, 0.2) is 0 Å². The maximum absolute atomic E-state index is 13.9. The average Bonchev–Trinajstić information content (AvgIpc) is 3.33. The topological polar surface area (TPSA) is 127 Å². The van der Waals surface area contributed by atoms with Gasteiger partial charge in [0.05, 0.1) is 28.0 Å². The molecule has 10 heteroatoms. The lowest BCUT2D eigenvalue weighted by molar-refractivity contribution is -0.384. The standard InChI is InChI=1S/C25H17FN4O5/c26-21-7-3-1-5-19(21)24(31)28-22-8-4-2-6-20(22)25(32)29-27-15-18-13-14-23(35-18)16-9-11-17(12-10-16)30(33)34/h1-15H,(H,28,31)(H,29,32)/b27-15+. The minimum absolute atomic E-state index is 0.0322. The quantitative estimate of drug-likeness (QED) is 0.222. The van der Waals surface area contributed by atoms with Crippen LogP contribution >= 0.6 is 0 Å². The van der Waals surface area contributed by atoms with E-state index in [0.717, 1.165) is 0 Å². The Morgan fingerprint density at radius 3 is 2.29 bits per heavy atom. The lowest BCUT2D eigenvalue weighted by atomic mass is 10.1. The number of anilines is 1. The van der Waals surface area contributed by atoms with Crippen LogP contribution < -0.4 is 10.7 Å². The first-order chi connectivity index (χ1) is 16.9. The zero-order valence-corrected chi connectivity index (χ0v) is 18.0. The Morgan fingerprint density at radius 1 is 0.886 bits per heavy atom. The minimum atomic E-state index is -0.693. The molecule has 0 aliphatic heterocycles. The molecule has 0 spiro atoms. The van der Waals surface area contributed by atoms with Gasteiger partial charge < -0.3 is 9.73 Å². The number of hydrogen-bond donors (Lipinski definition) is 2. The number of non-ortho nitro benzene ring substituents is 1. The van der Waals surface area contributed by atoms with Crippen LogP contribution in [0.3, 0.4) is 0 Å². The molecule has 0 fully saturated rings. The van der Waals surface area contributed by atoms with Crippen molar-refractivity contribution in [3.05, 3.63) is 118 Å². The molecule has 0 unspecified atom stereocenters. The van der Waals surface area contributed by atoms with Gasteiger partial charge in [-0.3, -0.25) is 19.7 Å². The molecule has 0 saturated carbocycles. The van der Waals surface area contributed by atoms with Crippen molar-refractivity contribution in [2.24, 2.45) is 5.10 Å². The summed E-state index contributed by atoms with van der Waals surface area (Å²) in [6.07, 6.45) is 1.29. The number of benzene rings is 3. The smallest absolute Gasteiger partial charge is 0.273 e. The van der Waals surface area contributed by atoms with Crippen molar-refractivity contribution in [1.82, 2.24) is 5.43 Å². The van der Waals surface area contributed by atoms with E-state index in [1.165, 1.54) is 54.7 Å². The number of furan rings is 1. The van der Waals surface area contributed by atoms with Gasteiger partial charge >= 0.3 is 0 Å². The summed E-state index contributed by atoms with van der Waals surface area (Å²) in [4.78, 5) is 35.3. The van der Waals surface area contributed by atoms with Crippen LogP contribution in [-0.4, -0.2) is 23.0 Å². The van der Waals surface area contributed by atoms with E-state index in [0.29, 0.717) is 17.1 Å². The van der Waals surface area contributed by atoms with Crippen LogP contribution in [0.25, 0.3) is 11.3 Å². The van der Waals surface area contributed by atoms with Crippen molar-refractivity contribution >= 4 is 29.4 Å². The van der Waals surface area contributed by atoms with Gasteiger partial charge in [0.1, 0.15) is 17.3 Å². The molecule has 2 amide bonds. The average molecular weight is 472 g/mol. The van der Waals surface area contributed by atoms with Crippen molar-refractivity contribution in [3.63, 3.8) is 0 Å². The van der Waals surface area contributed by atoms with Gasteiger partial charge in [-0.25, -0.2) is 9.82 Å². The number of halogens is 1. The molecule has 4 aromatic rings. The molecule has 3 aromatic carbocycles. The molecule has 0 radical (unpaired) electrons. The van der Waals surface area contributed by atoms with Crippen LogP contribution in [0.15, 0.2) is 94.4 Å². The molecular formula is C25H17FN4O5. The Bertz CT molecular complexity index is 1430. The van der Waals surface area contributed by atoms with E-state index in [-0.39, 0.29) is 22.5 Å². The van der Waals surface area contributed by atoms with Gasteiger partial charge in [-0.2, -0.15) is 5.10 Å². The van der Waals surface area contributed by atoms with E-state index in [2.05, 4.69) is 15.8 Å². The molecule has 0 saturated heterocycles. The fourth-order valence-electron chi connectivity index (χ4n) is 3.16. The third-order valence-electron chi connectivity index (χ3n) is 4.89. The number of rotatable bonds is 7. The van der Waals surface area contributed by atoms with Crippen LogP contribution in [-0.2, 0) is 0 Å². The molecular weight excluding hydrogens is 455 g/mol. The van der Waals surface area contributed by atoms with Crippen molar-refractivity contribution in [2.45, 2.75) is 0 Å². The molecule has 174 valence electrons. The molecule has 4 rings (SSSR count). The van der Waals surface area contributed by atoms with E-state index in [9.17, 15) is 24.1 Å². The van der Waals surface area contributed by atoms with Crippen LogP contribution in [0.4, 0.5) is 15.8 Å². The minimum Gasteiger partial charge on any atom is -0.455 e. The lowest BCUT2D eigenvalue weighted by Crippen LogP contribution is -2.21. The molecule has 1 aromatic heterocycles. The Balaban J connectivity index is 1.42. The SMILES string of the molecule is O=C(Nc1ccccc1C(=O)N/N=C/c1ccc(-c2ccc([N+](=O)[O-])cc2)o1)c1ccccc1F. The highest BCUT2D eigenvalue weighted by Gasteiger charge is 2.16. The van der Waals surface area contributed by atoms with Crippen molar-refractivity contribution < 1.29 is 23.3 Å². The largest absolute Gasteiger partial charge is 0.455 e. The Morgan fingerprint density at radius 2 is 1.57 bits per heavy atom. The van der Waals surface area contributed by atoms with E-state index in [1.807, 2.05) is 0 Å². The van der Waals surface area contributed by atoms with Gasteiger partial charge in [0.2, 0.25) is 0 Å². The van der Waals surface area contributed by atoms with Crippen molar-refractivity contribution in [2.75, 3.05) is 5.32 Å². The molecule has 0 aliphatic rings. The normalized spacial score (nSPS) is 10.8. The lowest BCUT2D eigenvalue weighted by Gasteiger charge is -2.10. The second-order valence-corrected chi connectivity index (χ2v) is 7.18. The van der Waals surface area contributed by atoms with Crippen LogP contribution in [0.2, 0.25) is 0 Å². The molecule has 35 heavy (non-hydrogen) atoms. The highest BCUT2D eigenvalue weighted by atomic mass is 19.1. The highest BCUT2D eigenvalue weighted by molar-refractivity contribution is 6.09. The van der Waals surface area contributed by atoms with Gasteiger partial charge in [-0.15, -0.1) is 0 Å². The Hall–Kier alpha value is -5.12. The van der Waals surface area contributed by atoms with E-state index < -0.39 is 22.6 Å². The number of nitro benzene ring substituents is 1. The summed E-state index contributed by atoms with van der Waals surface area (Å²) in [7, 11) is 0. The predicted molar refractivity (Wildman–Crippen MR) is 127 cm³/mol. The number of carbonyl (C=O) groups is 2. The number of nitrogens with zero attached hydrogens (tertiary/aromatic N) is 2. The summed E-state index contributed by atoms with van der Waals surface area (Å²) in [6, 6.07) is 20.9. The molecule has 0 aliphatic carbocycles. The predicted octanol–water partition coefficient (Wildman–Crippen LogP) is 5.01. The summed E-state index contributed by atoms with van der Waals surface area (Å²) >= 11 is 0. The van der Waals surface area contributed by atoms with Gasteiger partial charge in [-0.05, 0) is 48.5 Å². The third kappa shape index (κ3) is 5.45. The third-order valence-corrected chi connectivity index (χ3v) is 4.89. The van der Waals surface area contributed by atoms with Crippen molar-refractivity contribution in [1.29, 1.82) is 0 Å². The first-order valence-electron chi connectivity index (χ1n) is 10.3.